The van der Waals surface area contributed by atoms with Gasteiger partial charge in [-0.2, -0.15) is 0 Å². The summed E-state index contributed by atoms with van der Waals surface area (Å²) in [6.45, 7) is 14.2. The van der Waals surface area contributed by atoms with Crippen molar-refractivity contribution in [3.8, 4) is 0 Å². The van der Waals surface area contributed by atoms with Crippen LogP contribution in [-0.4, -0.2) is 71.3 Å². The Hall–Kier alpha value is -2.71. The molecule has 3 saturated heterocycles. The van der Waals surface area contributed by atoms with Gasteiger partial charge in [-0.15, -0.1) is 6.58 Å². The molecule has 1 aromatic rings. The Balaban J connectivity index is 1.84. The summed E-state index contributed by atoms with van der Waals surface area (Å²) in [6, 6.07) is 4.98. The van der Waals surface area contributed by atoms with Gasteiger partial charge in [-0.1, -0.05) is 31.2 Å². The molecule has 6 atom stereocenters. The molecular formula is C29H40N2O6. The Labute approximate surface area is 219 Å². The van der Waals surface area contributed by atoms with E-state index < -0.39 is 35.0 Å². The van der Waals surface area contributed by atoms with Gasteiger partial charge in [0.25, 0.3) is 5.91 Å². The maximum absolute atomic E-state index is 14.6. The van der Waals surface area contributed by atoms with Crippen LogP contribution in [-0.2, 0) is 23.9 Å². The van der Waals surface area contributed by atoms with Crippen molar-refractivity contribution in [2.45, 2.75) is 71.1 Å². The molecule has 0 aliphatic carbocycles. The number of esters is 1. The number of hydrogen-bond donors (Lipinski definition) is 1. The van der Waals surface area contributed by atoms with E-state index in [1.54, 1.807) is 22.8 Å². The lowest BCUT2D eigenvalue weighted by Gasteiger charge is -2.38. The Kier molecular flexibility index (Phi) is 7.55. The third-order valence-electron chi connectivity index (χ3n) is 8.68. The summed E-state index contributed by atoms with van der Waals surface area (Å²) in [5.74, 6) is -2.55. The number of unbranched alkanes of at least 4 members (excludes halogenated alkanes) is 1. The van der Waals surface area contributed by atoms with Crippen LogP contribution in [0.3, 0.4) is 0 Å². The number of carbonyl (C=O) groups excluding carboxylic acids is 3. The van der Waals surface area contributed by atoms with E-state index in [-0.39, 0.29) is 37.5 Å². The predicted molar refractivity (Wildman–Crippen MR) is 140 cm³/mol. The number of rotatable bonds is 10. The number of carbonyl (C=O) groups is 3. The molecular weight excluding hydrogens is 472 g/mol. The number of aliphatic hydroxyl groups is 1. The lowest BCUT2D eigenvalue weighted by Crippen LogP contribution is -2.57. The van der Waals surface area contributed by atoms with Gasteiger partial charge in [-0.05, 0) is 64.0 Å². The topological polar surface area (TPSA) is 96.4 Å². The number of benzene rings is 1. The van der Waals surface area contributed by atoms with Crippen LogP contribution in [0.15, 0.2) is 30.9 Å². The maximum atomic E-state index is 14.6. The zero-order chi connectivity index (χ0) is 27.1. The van der Waals surface area contributed by atoms with Gasteiger partial charge in [-0.25, -0.2) is 0 Å². The average Bonchev–Trinajstić information content (AvgIpc) is 3.35. The van der Waals surface area contributed by atoms with Crippen molar-refractivity contribution in [1.29, 1.82) is 0 Å². The molecule has 0 radical (unpaired) electrons. The fourth-order valence-corrected chi connectivity index (χ4v) is 7.04. The SMILES string of the molecule is C=CCN(C(=O)C1N(CCCCO)C(=O)[C@@H]2[C@@H](C(=O)OCC)[C@]3(C)OC12CC3C)c1c(C)cccc1C. The Morgan fingerprint density at radius 3 is 2.57 bits per heavy atom. The second kappa shape index (κ2) is 10.2. The fourth-order valence-electron chi connectivity index (χ4n) is 7.04. The number of nitrogens with zero attached hydrogens (tertiary/aromatic N) is 2. The minimum Gasteiger partial charge on any atom is -0.466 e. The summed E-state index contributed by atoms with van der Waals surface area (Å²) in [7, 11) is 0. The third-order valence-corrected chi connectivity index (χ3v) is 8.68. The number of fused-ring (bicyclic) bond motifs is 1. The second-order valence-electron chi connectivity index (χ2n) is 10.9. The van der Waals surface area contributed by atoms with Gasteiger partial charge in [0.2, 0.25) is 5.91 Å². The first-order valence-corrected chi connectivity index (χ1v) is 13.4. The Morgan fingerprint density at radius 2 is 1.97 bits per heavy atom. The number of anilines is 1. The van der Waals surface area contributed by atoms with Gasteiger partial charge in [0, 0.05) is 25.4 Å². The van der Waals surface area contributed by atoms with Crippen LogP contribution >= 0.6 is 0 Å². The van der Waals surface area contributed by atoms with E-state index in [0.29, 0.717) is 25.8 Å². The van der Waals surface area contributed by atoms with Gasteiger partial charge >= 0.3 is 5.97 Å². The maximum Gasteiger partial charge on any atom is 0.312 e. The van der Waals surface area contributed by atoms with Gasteiger partial charge in [-0.3, -0.25) is 14.4 Å². The number of amides is 2. The van der Waals surface area contributed by atoms with Gasteiger partial charge in [0.1, 0.15) is 17.6 Å². The molecule has 8 nitrogen and oxygen atoms in total. The normalized spacial score (nSPS) is 31.9. The number of ether oxygens (including phenoxy) is 2. The number of aryl methyl sites for hydroxylation is 2. The highest BCUT2D eigenvalue weighted by molar-refractivity contribution is 6.05. The first-order chi connectivity index (χ1) is 17.6. The van der Waals surface area contributed by atoms with Crippen molar-refractivity contribution in [3.63, 3.8) is 0 Å². The molecule has 2 amide bonds. The zero-order valence-electron chi connectivity index (χ0n) is 22.7. The standard InChI is InChI=1S/C29H40N2O6/c1-7-14-30(23-18(3)12-11-13-19(23)4)26(34)24-29-17-20(5)28(6,37-29)22(27(35)36-8-2)21(29)25(33)31(24)15-9-10-16-32/h7,11-13,20-22,24,32H,1,8-10,14-17H2,2-6H3/t20?,21-,22-,24?,28+,29?/m0/s1. The molecule has 3 aliphatic rings. The van der Waals surface area contributed by atoms with Crippen LogP contribution in [0.5, 0.6) is 0 Å². The molecule has 8 heteroatoms. The summed E-state index contributed by atoms with van der Waals surface area (Å²) in [5.41, 5.74) is 0.659. The molecule has 2 bridgehead atoms. The molecule has 3 aliphatic heterocycles. The number of aliphatic hydroxyl groups excluding tert-OH is 1. The summed E-state index contributed by atoms with van der Waals surface area (Å²) in [6.07, 6.45) is 3.23. The molecule has 3 fully saturated rings. The van der Waals surface area contributed by atoms with E-state index in [1.807, 2.05) is 45.9 Å². The number of para-hydroxylation sites is 1. The highest BCUT2D eigenvalue weighted by Crippen LogP contribution is 2.65. The lowest BCUT2D eigenvalue weighted by atomic mass is 9.62. The molecule has 4 rings (SSSR count). The lowest BCUT2D eigenvalue weighted by molar-refractivity contribution is -0.161. The van der Waals surface area contributed by atoms with Crippen LogP contribution in [0.4, 0.5) is 5.69 Å². The van der Waals surface area contributed by atoms with Crippen LogP contribution < -0.4 is 4.90 Å². The summed E-state index contributed by atoms with van der Waals surface area (Å²) >= 11 is 0. The van der Waals surface area contributed by atoms with Crippen molar-refractivity contribution < 1.29 is 29.0 Å². The van der Waals surface area contributed by atoms with Crippen molar-refractivity contribution in [2.75, 3.05) is 31.2 Å². The first kappa shape index (κ1) is 27.3. The van der Waals surface area contributed by atoms with Crippen molar-refractivity contribution >= 4 is 23.5 Å². The van der Waals surface area contributed by atoms with Crippen molar-refractivity contribution in [1.82, 2.24) is 4.90 Å². The summed E-state index contributed by atoms with van der Waals surface area (Å²) < 4.78 is 12.2. The quantitative estimate of drug-likeness (QED) is 0.294. The summed E-state index contributed by atoms with van der Waals surface area (Å²) in [4.78, 5) is 45.2. The average molecular weight is 513 g/mol. The van der Waals surface area contributed by atoms with E-state index in [9.17, 15) is 19.5 Å². The Bertz CT molecular complexity index is 1070. The largest absolute Gasteiger partial charge is 0.466 e. The third kappa shape index (κ3) is 4.09. The van der Waals surface area contributed by atoms with Crippen molar-refractivity contribution in [2.24, 2.45) is 17.8 Å². The highest BCUT2D eigenvalue weighted by atomic mass is 16.6. The van der Waals surface area contributed by atoms with Crippen LogP contribution in [0.25, 0.3) is 0 Å². The number of hydrogen-bond acceptors (Lipinski definition) is 6. The van der Waals surface area contributed by atoms with Crippen molar-refractivity contribution in [3.05, 3.63) is 42.0 Å². The molecule has 37 heavy (non-hydrogen) atoms. The van der Waals surface area contributed by atoms with Gasteiger partial charge in [0.15, 0.2) is 0 Å². The van der Waals surface area contributed by atoms with E-state index >= 15 is 0 Å². The second-order valence-corrected chi connectivity index (χ2v) is 10.9. The molecule has 1 spiro atoms. The van der Waals surface area contributed by atoms with Crippen LogP contribution in [0.1, 0.15) is 51.2 Å². The number of likely N-dealkylation sites (tertiary alicyclic amines) is 1. The zero-order valence-corrected chi connectivity index (χ0v) is 22.7. The van der Waals surface area contributed by atoms with Gasteiger partial charge in [0.05, 0.1) is 18.1 Å². The smallest absolute Gasteiger partial charge is 0.312 e. The molecule has 202 valence electrons. The van der Waals surface area contributed by atoms with E-state index in [2.05, 4.69) is 6.58 Å². The molecule has 0 aromatic heterocycles. The first-order valence-electron chi connectivity index (χ1n) is 13.4. The van der Waals surface area contributed by atoms with Crippen LogP contribution in [0, 0.1) is 31.6 Å². The minimum atomic E-state index is -1.13. The van der Waals surface area contributed by atoms with E-state index in [0.717, 1.165) is 16.8 Å². The summed E-state index contributed by atoms with van der Waals surface area (Å²) in [5, 5.41) is 9.38. The van der Waals surface area contributed by atoms with Gasteiger partial charge < -0.3 is 24.4 Å². The highest BCUT2D eigenvalue weighted by Gasteiger charge is 2.80. The molecule has 1 N–H and O–H groups in total. The van der Waals surface area contributed by atoms with E-state index in [1.165, 1.54) is 0 Å². The van der Waals surface area contributed by atoms with Crippen LogP contribution in [0.2, 0.25) is 0 Å². The predicted octanol–water partition coefficient (Wildman–Crippen LogP) is 3.17. The minimum absolute atomic E-state index is 0.00271. The fraction of sp³-hybridized carbons (Fsp3) is 0.621. The molecule has 3 unspecified atom stereocenters. The monoisotopic (exact) mass is 512 g/mol. The van der Waals surface area contributed by atoms with E-state index in [4.69, 9.17) is 9.47 Å². The Morgan fingerprint density at radius 1 is 1.30 bits per heavy atom. The molecule has 0 saturated carbocycles. The molecule has 3 heterocycles. The molecule has 1 aromatic carbocycles.